The van der Waals surface area contributed by atoms with E-state index in [1.807, 2.05) is 0 Å². The lowest BCUT2D eigenvalue weighted by atomic mass is 10.2. The molecule has 1 heterocycles. The van der Waals surface area contributed by atoms with Crippen molar-refractivity contribution >= 4 is 15.9 Å². The van der Waals surface area contributed by atoms with Crippen molar-refractivity contribution in [2.24, 2.45) is 0 Å². The number of sulfonamides is 1. The van der Waals surface area contributed by atoms with Crippen LogP contribution in [0.1, 0.15) is 18.9 Å². The van der Waals surface area contributed by atoms with Crippen LogP contribution in [0.4, 0.5) is 0 Å². The maximum Gasteiger partial charge on any atom is 0.264 e. The van der Waals surface area contributed by atoms with Crippen LogP contribution in [0.25, 0.3) is 0 Å². The van der Waals surface area contributed by atoms with E-state index in [2.05, 4.69) is 9.71 Å². The first-order valence-electron chi connectivity index (χ1n) is 7.93. The van der Waals surface area contributed by atoms with Gasteiger partial charge in [-0.15, -0.1) is 0 Å². The molecule has 0 fully saturated rings. The first-order chi connectivity index (χ1) is 12.4. The van der Waals surface area contributed by atoms with Crippen molar-refractivity contribution in [1.82, 2.24) is 14.8 Å². The highest BCUT2D eigenvalue weighted by atomic mass is 32.2. The molecule has 2 N–H and O–H groups in total. The second kappa shape index (κ2) is 8.75. The van der Waals surface area contributed by atoms with E-state index in [4.69, 9.17) is 4.74 Å². The third kappa shape index (κ3) is 5.01. The van der Waals surface area contributed by atoms with Crippen molar-refractivity contribution < 1.29 is 23.2 Å². The SMILES string of the molecule is CC[C@H](NS(=O)(=O)c1ccc(OC)cc1)C(=O)N(O)Cc1cccnc1. The number of pyridine rings is 1. The van der Waals surface area contributed by atoms with E-state index >= 15 is 0 Å². The fourth-order valence-electron chi connectivity index (χ4n) is 2.24. The highest BCUT2D eigenvalue weighted by Gasteiger charge is 2.27. The van der Waals surface area contributed by atoms with Crippen molar-refractivity contribution in [1.29, 1.82) is 0 Å². The molecular formula is C17H21N3O5S. The summed E-state index contributed by atoms with van der Waals surface area (Å²) in [6, 6.07) is 8.07. The Hall–Kier alpha value is -2.49. The maximum absolute atomic E-state index is 12.5. The highest BCUT2D eigenvalue weighted by molar-refractivity contribution is 7.89. The molecule has 1 atom stereocenters. The molecule has 0 saturated heterocycles. The van der Waals surface area contributed by atoms with Gasteiger partial charge in [0.15, 0.2) is 0 Å². The number of aromatic nitrogens is 1. The summed E-state index contributed by atoms with van der Waals surface area (Å²) in [6.07, 6.45) is 3.27. The number of benzene rings is 1. The van der Waals surface area contributed by atoms with Gasteiger partial charge in [0.05, 0.1) is 18.6 Å². The van der Waals surface area contributed by atoms with Gasteiger partial charge in [-0.3, -0.25) is 15.0 Å². The minimum absolute atomic E-state index is 0.00120. The number of methoxy groups -OCH3 is 1. The standard InChI is InChI=1S/C17H21N3O5S/c1-3-16(17(21)20(22)12-13-5-4-10-18-11-13)19-26(23,24)15-8-6-14(25-2)7-9-15/h4-11,16,19,22H,3,12H2,1-2H3/t16-/m0/s1. The number of hydroxylamine groups is 2. The Morgan fingerprint density at radius 3 is 2.54 bits per heavy atom. The normalized spacial score (nSPS) is 12.4. The fourth-order valence-corrected chi connectivity index (χ4v) is 3.51. The summed E-state index contributed by atoms with van der Waals surface area (Å²) in [5.74, 6) is -0.224. The van der Waals surface area contributed by atoms with Gasteiger partial charge in [-0.2, -0.15) is 4.72 Å². The zero-order valence-electron chi connectivity index (χ0n) is 14.5. The first kappa shape index (κ1) is 19.8. The van der Waals surface area contributed by atoms with Crippen LogP contribution in [0.3, 0.4) is 0 Å². The molecule has 1 aromatic carbocycles. The zero-order chi connectivity index (χ0) is 19.2. The second-order valence-electron chi connectivity index (χ2n) is 5.51. The van der Waals surface area contributed by atoms with Crippen molar-refractivity contribution in [3.63, 3.8) is 0 Å². The molecule has 0 saturated carbocycles. The number of amides is 1. The second-order valence-corrected chi connectivity index (χ2v) is 7.23. The largest absolute Gasteiger partial charge is 0.497 e. The van der Waals surface area contributed by atoms with E-state index in [0.717, 1.165) is 0 Å². The zero-order valence-corrected chi connectivity index (χ0v) is 15.3. The minimum atomic E-state index is -3.92. The van der Waals surface area contributed by atoms with Gasteiger partial charge in [-0.25, -0.2) is 13.5 Å². The van der Waals surface area contributed by atoms with Gasteiger partial charge in [-0.05, 0) is 42.3 Å². The summed E-state index contributed by atoms with van der Waals surface area (Å²) in [5, 5.41) is 10.5. The van der Waals surface area contributed by atoms with Crippen LogP contribution < -0.4 is 9.46 Å². The number of carbonyl (C=O) groups is 1. The van der Waals surface area contributed by atoms with Crippen LogP contribution >= 0.6 is 0 Å². The molecule has 140 valence electrons. The molecule has 8 nitrogen and oxygen atoms in total. The molecule has 1 amide bonds. The Kier molecular flexibility index (Phi) is 6.67. The smallest absolute Gasteiger partial charge is 0.264 e. The van der Waals surface area contributed by atoms with E-state index in [0.29, 0.717) is 16.4 Å². The van der Waals surface area contributed by atoms with Crippen LogP contribution in [0.2, 0.25) is 0 Å². The Morgan fingerprint density at radius 2 is 2.00 bits per heavy atom. The Balaban J connectivity index is 2.09. The molecule has 2 rings (SSSR count). The number of carbonyl (C=O) groups excluding carboxylic acids is 1. The molecule has 0 unspecified atom stereocenters. The molecule has 1 aromatic heterocycles. The third-order valence-electron chi connectivity index (χ3n) is 3.68. The van der Waals surface area contributed by atoms with Gasteiger partial charge in [0.25, 0.3) is 5.91 Å². The quantitative estimate of drug-likeness (QED) is 0.532. The van der Waals surface area contributed by atoms with Crippen LogP contribution in [-0.2, 0) is 21.4 Å². The summed E-state index contributed by atoms with van der Waals surface area (Å²) in [6.45, 7) is 1.56. The number of ether oxygens (including phenoxy) is 1. The number of hydrogen-bond acceptors (Lipinski definition) is 6. The number of nitrogens with one attached hydrogen (secondary N) is 1. The van der Waals surface area contributed by atoms with Gasteiger partial charge in [0.1, 0.15) is 11.8 Å². The van der Waals surface area contributed by atoms with Gasteiger partial charge >= 0.3 is 0 Å². The maximum atomic E-state index is 12.5. The summed E-state index contributed by atoms with van der Waals surface area (Å²) in [5.41, 5.74) is 0.621. The molecule has 0 aliphatic rings. The molecule has 0 aliphatic carbocycles. The highest BCUT2D eigenvalue weighted by Crippen LogP contribution is 2.16. The van der Waals surface area contributed by atoms with Crippen LogP contribution in [0.5, 0.6) is 5.75 Å². The predicted molar refractivity (Wildman–Crippen MR) is 94.0 cm³/mol. The molecule has 9 heteroatoms. The number of nitrogens with zero attached hydrogens (tertiary/aromatic N) is 2. The first-order valence-corrected chi connectivity index (χ1v) is 9.41. The van der Waals surface area contributed by atoms with Gasteiger partial charge in [-0.1, -0.05) is 13.0 Å². The number of rotatable bonds is 8. The van der Waals surface area contributed by atoms with Crippen molar-refractivity contribution in [3.8, 4) is 5.75 Å². The molecule has 0 bridgehead atoms. The molecule has 0 spiro atoms. The Morgan fingerprint density at radius 1 is 1.31 bits per heavy atom. The van der Waals surface area contributed by atoms with Crippen molar-refractivity contribution in [3.05, 3.63) is 54.4 Å². The lowest BCUT2D eigenvalue weighted by Crippen LogP contribution is -2.46. The van der Waals surface area contributed by atoms with Gasteiger partial charge in [0, 0.05) is 12.4 Å². The van der Waals surface area contributed by atoms with Gasteiger partial charge < -0.3 is 4.74 Å². The van der Waals surface area contributed by atoms with Crippen molar-refractivity contribution in [2.75, 3.05) is 7.11 Å². The predicted octanol–water partition coefficient (Wildman–Crippen LogP) is 1.57. The van der Waals surface area contributed by atoms with Crippen LogP contribution in [-0.4, -0.2) is 42.7 Å². The van der Waals surface area contributed by atoms with Crippen LogP contribution in [0, 0.1) is 0 Å². The van der Waals surface area contributed by atoms with E-state index in [1.165, 1.54) is 37.6 Å². The summed E-state index contributed by atoms with van der Waals surface area (Å²) in [7, 11) is -2.45. The lowest BCUT2D eigenvalue weighted by Gasteiger charge is -2.22. The van der Waals surface area contributed by atoms with E-state index < -0.39 is 22.0 Å². The monoisotopic (exact) mass is 379 g/mol. The Bertz CT molecular complexity index is 825. The molecule has 0 aliphatic heterocycles. The molecule has 2 aromatic rings. The topological polar surface area (TPSA) is 109 Å². The van der Waals surface area contributed by atoms with E-state index in [9.17, 15) is 18.4 Å². The lowest BCUT2D eigenvalue weighted by molar-refractivity contribution is -0.170. The minimum Gasteiger partial charge on any atom is -0.497 e. The Labute approximate surface area is 152 Å². The summed E-state index contributed by atoms with van der Waals surface area (Å²) in [4.78, 5) is 16.3. The average molecular weight is 379 g/mol. The fraction of sp³-hybridized carbons (Fsp3) is 0.294. The third-order valence-corrected chi connectivity index (χ3v) is 5.17. The molecular weight excluding hydrogens is 358 g/mol. The molecule has 26 heavy (non-hydrogen) atoms. The summed E-state index contributed by atoms with van der Waals surface area (Å²) < 4.78 is 32.3. The van der Waals surface area contributed by atoms with E-state index in [-0.39, 0.29) is 17.9 Å². The van der Waals surface area contributed by atoms with Crippen LogP contribution in [0.15, 0.2) is 53.7 Å². The summed E-state index contributed by atoms with van der Waals surface area (Å²) >= 11 is 0. The number of hydrogen-bond donors (Lipinski definition) is 2. The van der Waals surface area contributed by atoms with Gasteiger partial charge in [0.2, 0.25) is 10.0 Å². The average Bonchev–Trinajstić information content (AvgIpc) is 2.66. The van der Waals surface area contributed by atoms with E-state index in [1.54, 1.807) is 25.3 Å². The molecule has 0 radical (unpaired) electrons. The van der Waals surface area contributed by atoms with Crippen molar-refractivity contribution in [2.45, 2.75) is 30.8 Å².